The lowest BCUT2D eigenvalue weighted by Gasteiger charge is -2.32. The number of ether oxygens (including phenoxy) is 1. The average molecular weight is 317 g/mol. The molecular formula is C17H23N3O3. The standard InChI is InChI=1S/C17H23N3O3/c1-12(2)9-16(21)20-8-4-5-14(11-20)23-13-6-7-19-15(10-13)17(22)18-3/h6-7,9-10,14H,4-5,8,11H2,1-3H3,(H,18,22)/t14-/m0/s1. The van der Waals surface area contributed by atoms with Crippen molar-refractivity contribution in [2.45, 2.75) is 32.8 Å². The number of allylic oxidation sites excluding steroid dienone is 1. The molecule has 0 bridgehead atoms. The molecule has 1 atom stereocenters. The highest BCUT2D eigenvalue weighted by Gasteiger charge is 2.24. The van der Waals surface area contributed by atoms with E-state index in [9.17, 15) is 9.59 Å². The number of carbonyl (C=O) groups excluding carboxylic acids is 2. The molecule has 0 spiro atoms. The van der Waals surface area contributed by atoms with E-state index in [-0.39, 0.29) is 17.9 Å². The van der Waals surface area contributed by atoms with Gasteiger partial charge in [0.05, 0.1) is 6.54 Å². The van der Waals surface area contributed by atoms with Crippen LogP contribution in [0.25, 0.3) is 0 Å². The maximum atomic E-state index is 12.1. The van der Waals surface area contributed by atoms with E-state index >= 15 is 0 Å². The molecule has 0 unspecified atom stereocenters. The van der Waals surface area contributed by atoms with Crippen molar-refractivity contribution in [1.82, 2.24) is 15.2 Å². The molecule has 1 fully saturated rings. The van der Waals surface area contributed by atoms with Gasteiger partial charge in [-0.2, -0.15) is 0 Å². The van der Waals surface area contributed by atoms with Gasteiger partial charge in [0.25, 0.3) is 5.91 Å². The highest BCUT2D eigenvalue weighted by Crippen LogP contribution is 2.19. The Bertz CT molecular complexity index is 609. The monoisotopic (exact) mass is 317 g/mol. The quantitative estimate of drug-likeness (QED) is 0.859. The van der Waals surface area contributed by atoms with Gasteiger partial charge in [0.2, 0.25) is 5.91 Å². The third kappa shape index (κ3) is 4.81. The van der Waals surface area contributed by atoms with Crippen molar-refractivity contribution in [3.8, 4) is 5.75 Å². The van der Waals surface area contributed by atoms with E-state index in [4.69, 9.17) is 4.74 Å². The Hall–Kier alpha value is -2.37. The topological polar surface area (TPSA) is 71.5 Å². The van der Waals surface area contributed by atoms with E-state index in [1.54, 1.807) is 31.5 Å². The van der Waals surface area contributed by atoms with Gasteiger partial charge in [-0.05, 0) is 32.8 Å². The first-order valence-electron chi connectivity index (χ1n) is 7.78. The largest absolute Gasteiger partial charge is 0.488 e. The van der Waals surface area contributed by atoms with E-state index < -0.39 is 0 Å². The minimum Gasteiger partial charge on any atom is -0.488 e. The van der Waals surface area contributed by atoms with Crippen molar-refractivity contribution in [3.05, 3.63) is 35.7 Å². The van der Waals surface area contributed by atoms with Crippen LogP contribution in [-0.2, 0) is 4.79 Å². The zero-order chi connectivity index (χ0) is 16.8. The lowest BCUT2D eigenvalue weighted by molar-refractivity contribution is -0.128. The Labute approximate surface area is 136 Å². The third-order valence-electron chi connectivity index (χ3n) is 3.60. The van der Waals surface area contributed by atoms with E-state index in [1.807, 2.05) is 18.7 Å². The second kappa shape index (κ2) is 7.76. The van der Waals surface area contributed by atoms with Gasteiger partial charge in [-0.25, -0.2) is 0 Å². The Morgan fingerprint density at radius 1 is 1.43 bits per heavy atom. The van der Waals surface area contributed by atoms with Gasteiger partial charge in [-0.15, -0.1) is 0 Å². The lowest BCUT2D eigenvalue weighted by atomic mass is 10.1. The maximum Gasteiger partial charge on any atom is 0.269 e. The zero-order valence-corrected chi connectivity index (χ0v) is 13.8. The Balaban J connectivity index is 2.01. The molecule has 0 aromatic carbocycles. The molecule has 1 aliphatic rings. The number of nitrogens with zero attached hydrogens (tertiary/aromatic N) is 2. The summed E-state index contributed by atoms with van der Waals surface area (Å²) in [6.07, 6.45) is 4.92. The van der Waals surface area contributed by atoms with Crippen LogP contribution in [0.4, 0.5) is 0 Å². The molecule has 124 valence electrons. The molecule has 0 saturated carbocycles. The molecule has 0 radical (unpaired) electrons. The zero-order valence-electron chi connectivity index (χ0n) is 13.8. The lowest BCUT2D eigenvalue weighted by Crippen LogP contribution is -2.43. The summed E-state index contributed by atoms with van der Waals surface area (Å²) in [6, 6.07) is 3.35. The third-order valence-corrected chi connectivity index (χ3v) is 3.60. The van der Waals surface area contributed by atoms with Crippen molar-refractivity contribution in [2.24, 2.45) is 0 Å². The maximum absolute atomic E-state index is 12.1. The van der Waals surface area contributed by atoms with Gasteiger partial charge in [0.15, 0.2) is 0 Å². The van der Waals surface area contributed by atoms with E-state index in [0.29, 0.717) is 18.0 Å². The van der Waals surface area contributed by atoms with Crippen molar-refractivity contribution >= 4 is 11.8 Å². The predicted molar refractivity (Wildman–Crippen MR) is 87.3 cm³/mol. The number of nitrogens with one attached hydrogen (secondary N) is 1. The molecule has 1 aromatic rings. The van der Waals surface area contributed by atoms with E-state index in [1.165, 1.54) is 0 Å². The summed E-state index contributed by atoms with van der Waals surface area (Å²) in [6.45, 7) is 5.13. The number of carbonyl (C=O) groups is 2. The summed E-state index contributed by atoms with van der Waals surface area (Å²) < 4.78 is 5.94. The number of amides is 2. The number of piperidine rings is 1. The van der Waals surface area contributed by atoms with E-state index in [2.05, 4.69) is 10.3 Å². The summed E-state index contributed by atoms with van der Waals surface area (Å²) in [4.78, 5) is 29.6. The van der Waals surface area contributed by atoms with E-state index in [0.717, 1.165) is 25.0 Å². The highest BCUT2D eigenvalue weighted by atomic mass is 16.5. The summed E-state index contributed by atoms with van der Waals surface area (Å²) in [7, 11) is 1.56. The van der Waals surface area contributed by atoms with Crippen molar-refractivity contribution < 1.29 is 14.3 Å². The van der Waals surface area contributed by atoms with Crippen LogP contribution in [0.1, 0.15) is 37.2 Å². The number of likely N-dealkylation sites (tertiary alicyclic amines) is 1. The van der Waals surface area contributed by atoms with Crippen molar-refractivity contribution in [2.75, 3.05) is 20.1 Å². The SMILES string of the molecule is CNC(=O)c1cc(O[C@H]2CCCN(C(=O)C=C(C)C)C2)ccn1. The van der Waals surface area contributed by atoms with Gasteiger partial charge < -0.3 is 15.0 Å². The minimum absolute atomic E-state index is 0.0269. The molecule has 2 rings (SSSR count). The van der Waals surface area contributed by atoms with Crippen LogP contribution in [-0.4, -0.2) is 47.9 Å². The summed E-state index contributed by atoms with van der Waals surface area (Å²) in [5, 5.41) is 2.54. The number of hydrogen-bond acceptors (Lipinski definition) is 4. The van der Waals surface area contributed by atoms with Crippen LogP contribution in [0.15, 0.2) is 30.0 Å². The van der Waals surface area contributed by atoms with Crippen LogP contribution in [0.3, 0.4) is 0 Å². The first kappa shape index (κ1) is 17.0. The molecule has 1 aliphatic heterocycles. The second-order valence-electron chi connectivity index (χ2n) is 5.84. The average Bonchev–Trinajstić information content (AvgIpc) is 2.54. The van der Waals surface area contributed by atoms with Crippen molar-refractivity contribution in [1.29, 1.82) is 0 Å². The molecule has 6 heteroatoms. The molecule has 2 amide bonds. The molecule has 23 heavy (non-hydrogen) atoms. The van der Waals surface area contributed by atoms with Crippen molar-refractivity contribution in [3.63, 3.8) is 0 Å². The van der Waals surface area contributed by atoms with Gasteiger partial charge in [-0.1, -0.05) is 5.57 Å². The number of pyridine rings is 1. The number of rotatable bonds is 4. The van der Waals surface area contributed by atoms with Crippen LogP contribution < -0.4 is 10.1 Å². The molecule has 6 nitrogen and oxygen atoms in total. The molecule has 2 heterocycles. The predicted octanol–water partition coefficient (Wildman–Crippen LogP) is 1.78. The molecule has 1 saturated heterocycles. The van der Waals surface area contributed by atoms with Crippen LogP contribution in [0.5, 0.6) is 5.75 Å². The van der Waals surface area contributed by atoms with Gasteiger partial charge >= 0.3 is 0 Å². The highest BCUT2D eigenvalue weighted by molar-refractivity contribution is 5.92. The van der Waals surface area contributed by atoms with Gasteiger partial charge in [-0.3, -0.25) is 14.6 Å². The molecule has 1 N–H and O–H groups in total. The normalized spacial score (nSPS) is 17.3. The summed E-state index contributed by atoms with van der Waals surface area (Å²) in [5.74, 6) is 0.374. The van der Waals surface area contributed by atoms with Crippen LogP contribution in [0.2, 0.25) is 0 Å². The van der Waals surface area contributed by atoms with Crippen LogP contribution in [0, 0.1) is 0 Å². The fourth-order valence-electron chi connectivity index (χ4n) is 2.50. The fourth-order valence-corrected chi connectivity index (χ4v) is 2.50. The Morgan fingerprint density at radius 2 is 2.22 bits per heavy atom. The second-order valence-corrected chi connectivity index (χ2v) is 5.84. The molecule has 0 aliphatic carbocycles. The molecular weight excluding hydrogens is 294 g/mol. The van der Waals surface area contributed by atoms with Gasteiger partial charge in [0, 0.05) is 31.9 Å². The summed E-state index contributed by atoms with van der Waals surface area (Å²) >= 11 is 0. The molecule has 1 aromatic heterocycles. The minimum atomic E-state index is -0.251. The number of hydrogen-bond donors (Lipinski definition) is 1. The summed E-state index contributed by atoms with van der Waals surface area (Å²) in [5.41, 5.74) is 1.31. The van der Waals surface area contributed by atoms with Gasteiger partial charge in [0.1, 0.15) is 17.5 Å². The fraction of sp³-hybridized carbons (Fsp3) is 0.471. The Kier molecular flexibility index (Phi) is 5.73. The smallest absolute Gasteiger partial charge is 0.269 e. The van der Waals surface area contributed by atoms with Crippen LogP contribution >= 0.6 is 0 Å². The first-order chi connectivity index (χ1) is 11.0. The number of aromatic nitrogens is 1. The Morgan fingerprint density at radius 3 is 2.91 bits per heavy atom. The first-order valence-corrected chi connectivity index (χ1v) is 7.78.